The van der Waals surface area contributed by atoms with Gasteiger partial charge in [-0.25, -0.2) is 14.8 Å². The Kier molecular flexibility index (Phi) is 3.63. The number of ether oxygens (including phenoxy) is 1. The summed E-state index contributed by atoms with van der Waals surface area (Å²) < 4.78 is 46.4. The monoisotopic (exact) mass is 337 g/mol. The second-order valence-corrected chi connectivity index (χ2v) is 4.84. The van der Waals surface area contributed by atoms with Gasteiger partial charge in [0.25, 0.3) is 0 Å². The number of carbonyl (C=O) groups is 1. The van der Waals surface area contributed by atoms with Gasteiger partial charge < -0.3 is 9.84 Å². The molecule has 3 rings (SSSR count). The lowest BCUT2D eigenvalue weighted by molar-refractivity contribution is -0.137. The molecule has 124 valence electrons. The standard InChI is InChI=1S/C15H10F3N3O3/c1-24-13-12-11(4-5-19-13)21(7-20-12)10-3-2-8(14(22)23)6-9(10)15(16,17)18/h2-7H,1H3,(H,22,23). The number of alkyl halides is 3. The van der Waals surface area contributed by atoms with Gasteiger partial charge in [0.1, 0.15) is 6.33 Å². The Hall–Kier alpha value is -3.10. The molecule has 24 heavy (non-hydrogen) atoms. The largest absolute Gasteiger partial charge is 0.479 e. The molecule has 0 fully saturated rings. The Morgan fingerprint density at radius 3 is 2.62 bits per heavy atom. The average molecular weight is 337 g/mol. The maximum atomic E-state index is 13.4. The molecule has 6 nitrogen and oxygen atoms in total. The molecule has 2 heterocycles. The van der Waals surface area contributed by atoms with Crippen LogP contribution in [-0.4, -0.2) is 32.7 Å². The number of carboxylic acids is 1. The van der Waals surface area contributed by atoms with Gasteiger partial charge in [0.15, 0.2) is 5.52 Å². The highest BCUT2D eigenvalue weighted by Gasteiger charge is 2.35. The summed E-state index contributed by atoms with van der Waals surface area (Å²) in [5.41, 5.74) is -1.10. The third kappa shape index (κ3) is 2.53. The summed E-state index contributed by atoms with van der Waals surface area (Å²) in [7, 11) is 1.38. The van der Waals surface area contributed by atoms with Crippen molar-refractivity contribution in [2.24, 2.45) is 0 Å². The van der Waals surface area contributed by atoms with Crippen LogP contribution in [-0.2, 0) is 6.18 Å². The fourth-order valence-corrected chi connectivity index (χ4v) is 2.37. The van der Waals surface area contributed by atoms with E-state index in [0.29, 0.717) is 17.1 Å². The second kappa shape index (κ2) is 5.52. The number of aromatic nitrogens is 3. The molecule has 0 radical (unpaired) electrons. The first-order chi connectivity index (χ1) is 11.3. The molecule has 1 N–H and O–H groups in total. The van der Waals surface area contributed by atoms with Crippen LogP contribution in [0.5, 0.6) is 5.88 Å². The van der Waals surface area contributed by atoms with E-state index in [1.54, 1.807) is 0 Å². The van der Waals surface area contributed by atoms with Crippen molar-refractivity contribution < 1.29 is 27.8 Å². The van der Waals surface area contributed by atoms with E-state index < -0.39 is 23.3 Å². The maximum Gasteiger partial charge on any atom is 0.418 e. The van der Waals surface area contributed by atoms with Gasteiger partial charge in [0, 0.05) is 6.20 Å². The van der Waals surface area contributed by atoms with Crippen molar-refractivity contribution in [2.45, 2.75) is 6.18 Å². The van der Waals surface area contributed by atoms with Crippen molar-refractivity contribution in [3.05, 3.63) is 47.9 Å². The first-order valence-corrected chi connectivity index (χ1v) is 6.64. The van der Waals surface area contributed by atoms with E-state index in [9.17, 15) is 18.0 Å². The number of pyridine rings is 1. The van der Waals surface area contributed by atoms with E-state index in [-0.39, 0.29) is 11.6 Å². The molecule has 0 atom stereocenters. The van der Waals surface area contributed by atoms with Crippen molar-refractivity contribution in [3.63, 3.8) is 0 Å². The van der Waals surface area contributed by atoms with Gasteiger partial charge in [-0.2, -0.15) is 13.2 Å². The fraction of sp³-hybridized carbons (Fsp3) is 0.133. The molecule has 0 bridgehead atoms. The van der Waals surface area contributed by atoms with Crippen LogP contribution in [0.25, 0.3) is 16.7 Å². The first-order valence-electron chi connectivity index (χ1n) is 6.64. The van der Waals surface area contributed by atoms with Crippen molar-refractivity contribution in [3.8, 4) is 11.6 Å². The van der Waals surface area contributed by atoms with Crippen LogP contribution in [0, 0.1) is 0 Å². The Labute approximate surface area is 133 Å². The fourth-order valence-electron chi connectivity index (χ4n) is 2.37. The second-order valence-electron chi connectivity index (χ2n) is 4.84. The number of hydrogen-bond donors (Lipinski definition) is 1. The number of carboxylic acid groups (broad SMARTS) is 1. The third-order valence-corrected chi connectivity index (χ3v) is 3.43. The van der Waals surface area contributed by atoms with E-state index >= 15 is 0 Å². The molecule has 0 aliphatic carbocycles. The van der Waals surface area contributed by atoms with Gasteiger partial charge >= 0.3 is 12.1 Å². The topological polar surface area (TPSA) is 77.2 Å². The first kappa shape index (κ1) is 15.8. The minimum absolute atomic E-state index is 0.182. The lowest BCUT2D eigenvalue weighted by Gasteiger charge is -2.15. The van der Waals surface area contributed by atoms with Crippen molar-refractivity contribution in [1.29, 1.82) is 0 Å². The van der Waals surface area contributed by atoms with E-state index in [2.05, 4.69) is 9.97 Å². The third-order valence-electron chi connectivity index (χ3n) is 3.43. The number of methoxy groups -OCH3 is 1. The summed E-state index contributed by atoms with van der Waals surface area (Å²) in [4.78, 5) is 18.9. The Morgan fingerprint density at radius 2 is 2.00 bits per heavy atom. The van der Waals surface area contributed by atoms with Gasteiger partial charge in [0.05, 0.1) is 29.4 Å². The van der Waals surface area contributed by atoms with E-state index in [1.807, 2.05) is 0 Å². The molecule has 9 heteroatoms. The summed E-state index contributed by atoms with van der Waals surface area (Å²) in [6.45, 7) is 0. The number of hydrogen-bond acceptors (Lipinski definition) is 4. The lowest BCUT2D eigenvalue weighted by atomic mass is 10.1. The predicted octanol–water partition coefficient (Wildman–Crippen LogP) is 3.15. The van der Waals surface area contributed by atoms with Crippen LogP contribution < -0.4 is 4.74 Å². The molecule has 0 aliphatic rings. The quantitative estimate of drug-likeness (QED) is 0.794. The van der Waals surface area contributed by atoms with Crippen LogP contribution in [0.3, 0.4) is 0 Å². The van der Waals surface area contributed by atoms with Gasteiger partial charge in [-0.05, 0) is 24.3 Å². The van der Waals surface area contributed by atoms with Crippen molar-refractivity contribution in [2.75, 3.05) is 7.11 Å². The highest BCUT2D eigenvalue weighted by Crippen LogP contribution is 2.36. The molecular weight excluding hydrogens is 327 g/mol. The van der Waals surface area contributed by atoms with E-state index in [0.717, 1.165) is 12.1 Å². The molecule has 0 amide bonds. The predicted molar refractivity (Wildman–Crippen MR) is 77.4 cm³/mol. The zero-order chi connectivity index (χ0) is 17.5. The minimum atomic E-state index is -4.73. The number of fused-ring (bicyclic) bond motifs is 1. The molecule has 3 aromatic rings. The Morgan fingerprint density at radius 1 is 1.25 bits per heavy atom. The van der Waals surface area contributed by atoms with Crippen LogP contribution in [0.15, 0.2) is 36.8 Å². The number of imidazole rings is 1. The number of benzene rings is 1. The molecule has 0 unspecified atom stereocenters. The number of halogens is 3. The SMILES string of the molecule is COc1nccc2c1ncn2-c1ccc(C(=O)O)cc1C(F)(F)F. The average Bonchev–Trinajstić information content (AvgIpc) is 2.97. The summed E-state index contributed by atoms with van der Waals surface area (Å²) in [5, 5.41) is 8.93. The Balaban J connectivity index is 2.29. The minimum Gasteiger partial charge on any atom is -0.479 e. The van der Waals surface area contributed by atoms with E-state index in [4.69, 9.17) is 9.84 Å². The normalized spacial score (nSPS) is 11.7. The molecular formula is C15H10F3N3O3. The van der Waals surface area contributed by atoms with Gasteiger partial charge in [-0.3, -0.25) is 4.57 Å². The van der Waals surface area contributed by atoms with Crippen molar-refractivity contribution >= 4 is 17.0 Å². The number of rotatable bonds is 3. The molecule has 2 aromatic heterocycles. The lowest BCUT2D eigenvalue weighted by Crippen LogP contribution is -2.12. The summed E-state index contributed by atoms with van der Waals surface area (Å²) in [6, 6.07) is 4.30. The van der Waals surface area contributed by atoms with Gasteiger partial charge in [-0.15, -0.1) is 0 Å². The highest BCUT2D eigenvalue weighted by molar-refractivity contribution is 5.88. The zero-order valence-electron chi connectivity index (χ0n) is 12.2. The number of nitrogens with zero attached hydrogens (tertiary/aromatic N) is 3. The highest BCUT2D eigenvalue weighted by atomic mass is 19.4. The molecule has 0 saturated carbocycles. The smallest absolute Gasteiger partial charge is 0.418 e. The Bertz CT molecular complexity index is 935. The molecule has 0 spiro atoms. The van der Waals surface area contributed by atoms with Gasteiger partial charge in [0.2, 0.25) is 5.88 Å². The maximum absolute atomic E-state index is 13.4. The van der Waals surface area contributed by atoms with Crippen LogP contribution in [0.4, 0.5) is 13.2 Å². The summed E-state index contributed by atoms with van der Waals surface area (Å²) in [5.74, 6) is -1.25. The summed E-state index contributed by atoms with van der Waals surface area (Å²) in [6.07, 6.45) is -2.13. The number of aromatic carboxylic acids is 1. The van der Waals surface area contributed by atoms with Crippen LogP contribution in [0.2, 0.25) is 0 Å². The zero-order valence-corrected chi connectivity index (χ0v) is 12.2. The molecule has 0 saturated heterocycles. The van der Waals surface area contributed by atoms with Gasteiger partial charge in [-0.1, -0.05) is 0 Å². The molecule has 1 aromatic carbocycles. The van der Waals surface area contributed by atoms with Crippen LogP contribution in [0.1, 0.15) is 15.9 Å². The van der Waals surface area contributed by atoms with Crippen molar-refractivity contribution in [1.82, 2.24) is 14.5 Å². The van der Waals surface area contributed by atoms with E-state index in [1.165, 1.54) is 30.3 Å². The summed E-state index contributed by atoms with van der Waals surface area (Å²) >= 11 is 0. The van der Waals surface area contributed by atoms with Crippen LogP contribution >= 0.6 is 0 Å². The molecule has 0 aliphatic heterocycles.